The summed E-state index contributed by atoms with van der Waals surface area (Å²) in [5.41, 5.74) is 0. The summed E-state index contributed by atoms with van der Waals surface area (Å²) >= 11 is 0. The van der Waals surface area contributed by atoms with Gasteiger partial charge in [0.05, 0.1) is 6.61 Å². The first-order valence-corrected chi connectivity index (χ1v) is 6.75. The van der Waals surface area contributed by atoms with E-state index in [1.165, 1.54) is 0 Å². The second kappa shape index (κ2) is 14.9. The van der Waals surface area contributed by atoms with Crippen molar-refractivity contribution >= 4 is 0 Å². The number of nitrogens with one attached hydrogen (secondary N) is 1. The molecule has 5 nitrogen and oxygen atoms in total. The van der Waals surface area contributed by atoms with Gasteiger partial charge in [-0.3, -0.25) is 4.90 Å². The number of rotatable bonds is 14. The molecule has 0 aromatic heterocycles. The molecular weight excluding hydrogens is 232 g/mol. The Balaban J connectivity index is 3.51. The van der Waals surface area contributed by atoms with Crippen molar-refractivity contribution in [2.24, 2.45) is 0 Å². The Morgan fingerprint density at radius 3 is 2.06 bits per heavy atom. The van der Waals surface area contributed by atoms with Crippen LogP contribution in [0.25, 0.3) is 0 Å². The lowest BCUT2D eigenvalue weighted by Gasteiger charge is -2.22. The van der Waals surface area contributed by atoms with Crippen LogP contribution in [-0.4, -0.2) is 78.8 Å². The molecule has 0 aromatic carbocycles. The second-order valence-electron chi connectivity index (χ2n) is 4.28. The number of ether oxygens (including phenoxy) is 3. The van der Waals surface area contributed by atoms with Crippen molar-refractivity contribution in [3.63, 3.8) is 0 Å². The van der Waals surface area contributed by atoms with Crippen LogP contribution in [0, 0.1) is 0 Å². The zero-order chi connectivity index (χ0) is 13.5. The third-order valence-corrected chi connectivity index (χ3v) is 2.74. The van der Waals surface area contributed by atoms with Crippen LogP contribution in [0.3, 0.4) is 0 Å². The molecule has 110 valence electrons. The summed E-state index contributed by atoms with van der Waals surface area (Å²) in [6.45, 7) is 7.58. The van der Waals surface area contributed by atoms with Crippen molar-refractivity contribution in [1.29, 1.82) is 0 Å². The van der Waals surface area contributed by atoms with Crippen LogP contribution in [0.1, 0.15) is 12.8 Å². The maximum Gasteiger partial charge on any atom is 0.0589 e. The highest BCUT2D eigenvalue weighted by Crippen LogP contribution is 1.92. The van der Waals surface area contributed by atoms with E-state index in [-0.39, 0.29) is 0 Å². The van der Waals surface area contributed by atoms with E-state index in [0.29, 0.717) is 0 Å². The third kappa shape index (κ3) is 12.3. The van der Waals surface area contributed by atoms with Crippen LogP contribution in [0.15, 0.2) is 0 Å². The van der Waals surface area contributed by atoms with E-state index >= 15 is 0 Å². The Morgan fingerprint density at radius 2 is 1.39 bits per heavy atom. The van der Waals surface area contributed by atoms with E-state index in [2.05, 4.69) is 10.2 Å². The molecule has 0 spiro atoms. The van der Waals surface area contributed by atoms with Crippen LogP contribution in [-0.2, 0) is 14.2 Å². The minimum atomic E-state index is 0.788. The minimum Gasteiger partial charge on any atom is -0.385 e. The Labute approximate surface area is 112 Å². The molecule has 0 fully saturated rings. The molecule has 0 aliphatic carbocycles. The number of methoxy groups -OCH3 is 3. The van der Waals surface area contributed by atoms with Crippen LogP contribution in [0.5, 0.6) is 0 Å². The molecular formula is C13H30N2O3. The predicted molar refractivity (Wildman–Crippen MR) is 74.2 cm³/mol. The molecule has 5 heteroatoms. The fourth-order valence-electron chi connectivity index (χ4n) is 1.69. The number of hydrogen-bond donors (Lipinski definition) is 1. The summed E-state index contributed by atoms with van der Waals surface area (Å²) in [6, 6.07) is 0. The van der Waals surface area contributed by atoms with Gasteiger partial charge in [0.1, 0.15) is 0 Å². The third-order valence-electron chi connectivity index (χ3n) is 2.74. The van der Waals surface area contributed by atoms with E-state index < -0.39 is 0 Å². The smallest absolute Gasteiger partial charge is 0.0589 e. The average molecular weight is 262 g/mol. The fourth-order valence-corrected chi connectivity index (χ4v) is 1.69. The Kier molecular flexibility index (Phi) is 14.7. The molecule has 0 aliphatic rings. The summed E-state index contributed by atoms with van der Waals surface area (Å²) < 4.78 is 15.2. The van der Waals surface area contributed by atoms with Crippen LogP contribution < -0.4 is 5.32 Å². The molecule has 0 radical (unpaired) electrons. The zero-order valence-corrected chi connectivity index (χ0v) is 12.2. The van der Waals surface area contributed by atoms with Crippen LogP contribution in [0.4, 0.5) is 0 Å². The van der Waals surface area contributed by atoms with E-state index in [4.69, 9.17) is 14.2 Å². The van der Waals surface area contributed by atoms with Crippen LogP contribution >= 0.6 is 0 Å². The van der Waals surface area contributed by atoms with E-state index in [1.54, 1.807) is 21.3 Å². The van der Waals surface area contributed by atoms with Crippen LogP contribution in [0.2, 0.25) is 0 Å². The summed E-state index contributed by atoms with van der Waals surface area (Å²) in [6.07, 6.45) is 2.14. The van der Waals surface area contributed by atoms with Gasteiger partial charge in [0.25, 0.3) is 0 Å². The molecule has 0 aromatic rings. The molecule has 0 heterocycles. The molecule has 0 saturated heterocycles. The van der Waals surface area contributed by atoms with Gasteiger partial charge in [0.15, 0.2) is 0 Å². The largest absolute Gasteiger partial charge is 0.385 e. The predicted octanol–water partition coefficient (Wildman–Crippen LogP) is 0.597. The number of hydrogen-bond acceptors (Lipinski definition) is 5. The first-order chi connectivity index (χ1) is 8.85. The molecule has 0 aliphatic heterocycles. The van der Waals surface area contributed by atoms with E-state index in [0.717, 1.165) is 65.4 Å². The summed E-state index contributed by atoms with van der Waals surface area (Å²) in [7, 11) is 5.23. The van der Waals surface area contributed by atoms with Crippen molar-refractivity contribution in [1.82, 2.24) is 10.2 Å². The first kappa shape index (κ1) is 17.8. The summed E-state index contributed by atoms with van der Waals surface area (Å²) in [4.78, 5) is 2.41. The van der Waals surface area contributed by atoms with Gasteiger partial charge < -0.3 is 19.5 Å². The monoisotopic (exact) mass is 262 g/mol. The van der Waals surface area contributed by atoms with Gasteiger partial charge in [-0.2, -0.15) is 0 Å². The van der Waals surface area contributed by atoms with Gasteiger partial charge in [0.2, 0.25) is 0 Å². The lowest BCUT2D eigenvalue weighted by Crippen LogP contribution is -2.35. The van der Waals surface area contributed by atoms with Gasteiger partial charge in [-0.15, -0.1) is 0 Å². The molecule has 18 heavy (non-hydrogen) atoms. The number of nitrogens with zero attached hydrogens (tertiary/aromatic N) is 1. The Hall–Kier alpha value is -0.200. The Morgan fingerprint density at radius 1 is 0.722 bits per heavy atom. The molecule has 0 unspecified atom stereocenters. The van der Waals surface area contributed by atoms with Gasteiger partial charge in [-0.1, -0.05) is 0 Å². The normalized spacial score (nSPS) is 11.3. The highest BCUT2D eigenvalue weighted by molar-refractivity contribution is 4.60. The van der Waals surface area contributed by atoms with Crippen molar-refractivity contribution in [2.45, 2.75) is 12.8 Å². The topological polar surface area (TPSA) is 43.0 Å². The lowest BCUT2D eigenvalue weighted by molar-refractivity contribution is 0.133. The van der Waals surface area contributed by atoms with E-state index in [9.17, 15) is 0 Å². The maximum atomic E-state index is 5.13. The SMILES string of the molecule is COCCCNCCN(CCCOC)CCOC. The highest BCUT2D eigenvalue weighted by Gasteiger charge is 2.03. The second-order valence-corrected chi connectivity index (χ2v) is 4.28. The summed E-state index contributed by atoms with van der Waals surface area (Å²) in [5, 5.41) is 3.42. The average Bonchev–Trinajstić information content (AvgIpc) is 2.39. The van der Waals surface area contributed by atoms with Gasteiger partial charge >= 0.3 is 0 Å². The fraction of sp³-hybridized carbons (Fsp3) is 1.00. The van der Waals surface area contributed by atoms with Crippen molar-refractivity contribution in [3.05, 3.63) is 0 Å². The minimum absolute atomic E-state index is 0.788. The standard InChI is InChI=1S/C13H30N2O3/c1-16-11-4-6-14-7-9-15(10-13-18-3)8-5-12-17-2/h14H,4-13H2,1-3H3. The molecule has 0 bridgehead atoms. The van der Waals surface area contributed by atoms with Gasteiger partial charge in [-0.05, 0) is 19.4 Å². The molecule has 0 atom stereocenters. The first-order valence-electron chi connectivity index (χ1n) is 6.75. The van der Waals surface area contributed by atoms with E-state index in [1.807, 2.05) is 0 Å². The molecule has 0 saturated carbocycles. The zero-order valence-electron chi connectivity index (χ0n) is 12.2. The lowest BCUT2D eigenvalue weighted by atomic mass is 10.3. The van der Waals surface area contributed by atoms with Crippen molar-refractivity contribution in [3.8, 4) is 0 Å². The van der Waals surface area contributed by atoms with Gasteiger partial charge in [0, 0.05) is 60.7 Å². The maximum absolute atomic E-state index is 5.13. The Bertz CT molecular complexity index is 159. The highest BCUT2D eigenvalue weighted by atomic mass is 16.5. The summed E-state index contributed by atoms with van der Waals surface area (Å²) in [5.74, 6) is 0. The molecule has 0 rings (SSSR count). The molecule has 0 amide bonds. The quantitative estimate of drug-likeness (QED) is 0.464. The van der Waals surface area contributed by atoms with Gasteiger partial charge in [-0.25, -0.2) is 0 Å². The van der Waals surface area contributed by atoms with Crippen molar-refractivity contribution in [2.75, 3.05) is 73.9 Å². The van der Waals surface area contributed by atoms with Crippen molar-refractivity contribution < 1.29 is 14.2 Å². The molecule has 1 N–H and O–H groups in total.